The van der Waals surface area contributed by atoms with E-state index in [-0.39, 0.29) is 6.04 Å². The lowest BCUT2D eigenvalue weighted by Crippen LogP contribution is -2.16. The normalized spacial score (nSPS) is 13.0. The van der Waals surface area contributed by atoms with Crippen molar-refractivity contribution in [3.05, 3.63) is 12.7 Å². The van der Waals surface area contributed by atoms with E-state index in [4.69, 9.17) is 5.73 Å². The Balaban J connectivity index is 2.95. The van der Waals surface area contributed by atoms with Crippen molar-refractivity contribution in [3.63, 3.8) is 0 Å². The monoisotopic (exact) mass is 177 g/mol. The summed E-state index contributed by atoms with van der Waals surface area (Å²) < 4.78 is 0. The van der Waals surface area contributed by atoms with E-state index in [1.807, 2.05) is 11.8 Å². The molecule has 0 radical (unpaired) electrons. The molecule has 10 heavy (non-hydrogen) atoms. The molecule has 0 saturated heterocycles. The average molecular weight is 177 g/mol. The number of hydrogen-bond donors (Lipinski definition) is 2. The summed E-state index contributed by atoms with van der Waals surface area (Å²) in [5, 5.41) is 0. The van der Waals surface area contributed by atoms with Gasteiger partial charge in [0.1, 0.15) is 0 Å². The van der Waals surface area contributed by atoms with E-state index < -0.39 is 0 Å². The molecule has 60 valence electrons. The molecule has 0 spiro atoms. The predicted molar refractivity (Wildman–Crippen MR) is 54.0 cm³/mol. The van der Waals surface area contributed by atoms with Crippen LogP contribution in [0, 0.1) is 0 Å². The van der Waals surface area contributed by atoms with Gasteiger partial charge in [-0.1, -0.05) is 6.08 Å². The molecule has 0 fully saturated rings. The maximum absolute atomic E-state index is 5.60. The zero-order valence-electron chi connectivity index (χ0n) is 6.12. The minimum atomic E-state index is 0.174. The first-order chi connectivity index (χ1) is 4.81. The summed E-state index contributed by atoms with van der Waals surface area (Å²) in [6.07, 6.45) is 2.82. The summed E-state index contributed by atoms with van der Waals surface area (Å²) in [5.41, 5.74) is 5.60. The second kappa shape index (κ2) is 7.51. The first-order valence-electron chi connectivity index (χ1n) is 3.38. The molecule has 0 aliphatic rings. The van der Waals surface area contributed by atoms with Gasteiger partial charge in [-0.2, -0.15) is 24.4 Å². The lowest BCUT2D eigenvalue weighted by atomic mass is 10.2. The molecule has 0 aromatic heterocycles. The fourth-order valence-corrected chi connectivity index (χ4v) is 1.66. The van der Waals surface area contributed by atoms with E-state index in [0.717, 1.165) is 23.7 Å². The van der Waals surface area contributed by atoms with Gasteiger partial charge in [0.2, 0.25) is 0 Å². The van der Waals surface area contributed by atoms with E-state index in [2.05, 4.69) is 19.2 Å². The SMILES string of the molecule is C=CC(N)CCSCCS. The summed E-state index contributed by atoms with van der Waals surface area (Å²) in [6, 6.07) is 0.174. The van der Waals surface area contributed by atoms with E-state index in [1.165, 1.54) is 0 Å². The molecular formula is C7H15NS2. The van der Waals surface area contributed by atoms with Crippen molar-refractivity contribution in [2.75, 3.05) is 17.3 Å². The molecule has 0 aliphatic carbocycles. The molecule has 2 N–H and O–H groups in total. The van der Waals surface area contributed by atoms with Crippen molar-refractivity contribution in [2.45, 2.75) is 12.5 Å². The van der Waals surface area contributed by atoms with Gasteiger partial charge in [-0.05, 0) is 17.9 Å². The Bertz CT molecular complexity index is 85.7. The van der Waals surface area contributed by atoms with Crippen molar-refractivity contribution in [3.8, 4) is 0 Å². The van der Waals surface area contributed by atoms with Crippen LogP contribution in [0.4, 0.5) is 0 Å². The molecule has 0 amide bonds. The maximum atomic E-state index is 5.60. The van der Waals surface area contributed by atoms with E-state index >= 15 is 0 Å². The molecule has 1 unspecified atom stereocenters. The third-order valence-corrected chi connectivity index (χ3v) is 2.68. The standard InChI is InChI=1S/C7H15NS2/c1-2-7(8)3-5-10-6-4-9/h2,7,9H,1,3-6,8H2. The highest BCUT2D eigenvalue weighted by Crippen LogP contribution is 2.04. The Hall–Kier alpha value is 0.400. The van der Waals surface area contributed by atoms with Crippen LogP contribution in [-0.4, -0.2) is 23.3 Å². The van der Waals surface area contributed by atoms with Crippen molar-refractivity contribution >= 4 is 24.4 Å². The summed E-state index contributed by atoms with van der Waals surface area (Å²) in [7, 11) is 0. The molecular weight excluding hydrogens is 162 g/mol. The maximum Gasteiger partial charge on any atom is 0.0228 e. The van der Waals surface area contributed by atoms with Crippen LogP contribution in [0.3, 0.4) is 0 Å². The Kier molecular flexibility index (Phi) is 7.81. The molecule has 0 rings (SSSR count). The van der Waals surface area contributed by atoms with Crippen molar-refractivity contribution in [1.29, 1.82) is 0 Å². The highest BCUT2D eigenvalue weighted by atomic mass is 32.2. The van der Waals surface area contributed by atoms with Gasteiger partial charge in [0, 0.05) is 11.8 Å². The number of nitrogens with two attached hydrogens (primary N) is 1. The Morgan fingerprint density at radius 2 is 2.30 bits per heavy atom. The van der Waals surface area contributed by atoms with Crippen molar-refractivity contribution in [2.24, 2.45) is 5.73 Å². The van der Waals surface area contributed by atoms with Gasteiger partial charge in [-0.25, -0.2) is 0 Å². The highest BCUT2D eigenvalue weighted by Gasteiger charge is 1.94. The fraction of sp³-hybridized carbons (Fsp3) is 0.714. The summed E-state index contributed by atoms with van der Waals surface area (Å²) in [4.78, 5) is 0. The Morgan fingerprint density at radius 1 is 1.60 bits per heavy atom. The molecule has 1 nitrogen and oxygen atoms in total. The molecule has 0 saturated carbocycles. The van der Waals surface area contributed by atoms with Crippen LogP contribution in [0.1, 0.15) is 6.42 Å². The zero-order chi connectivity index (χ0) is 7.82. The number of hydrogen-bond acceptors (Lipinski definition) is 3. The fourth-order valence-electron chi connectivity index (χ4n) is 0.504. The van der Waals surface area contributed by atoms with E-state index in [1.54, 1.807) is 6.08 Å². The lowest BCUT2D eigenvalue weighted by Gasteiger charge is -2.03. The minimum Gasteiger partial charge on any atom is -0.324 e. The molecule has 3 heteroatoms. The zero-order valence-corrected chi connectivity index (χ0v) is 7.83. The second-order valence-corrected chi connectivity index (χ2v) is 3.70. The van der Waals surface area contributed by atoms with Gasteiger partial charge in [0.05, 0.1) is 0 Å². The highest BCUT2D eigenvalue weighted by molar-refractivity contribution is 7.99. The number of thiol groups is 1. The Labute approximate surface area is 72.9 Å². The summed E-state index contributed by atoms with van der Waals surface area (Å²) in [5.74, 6) is 3.19. The van der Waals surface area contributed by atoms with Gasteiger partial charge in [0.15, 0.2) is 0 Å². The molecule has 0 aliphatic heterocycles. The first kappa shape index (κ1) is 10.4. The van der Waals surface area contributed by atoms with Crippen LogP contribution in [0.2, 0.25) is 0 Å². The van der Waals surface area contributed by atoms with Gasteiger partial charge in [-0.3, -0.25) is 0 Å². The van der Waals surface area contributed by atoms with Gasteiger partial charge in [-0.15, -0.1) is 6.58 Å². The van der Waals surface area contributed by atoms with Gasteiger partial charge in [0.25, 0.3) is 0 Å². The molecule has 0 bridgehead atoms. The summed E-state index contributed by atoms with van der Waals surface area (Å²) in [6.45, 7) is 3.61. The second-order valence-electron chi connectivity index (χ2n) is 2.02. The molecule has 0 aromatic carbocycles. The molecule has 0 heterocycles. The molecule has 0 aromatic rings. The lowest BCUT2D eigenvalue weighted by molar-refractivity contribution is 0.792. The van der Waals surface area contributed by atoms with Crippen LogP contribution < -0.4 is 5.73 Å². The van der Waals surface area contributed by atoms with Crippen molar-refractivity contribution in [1.82, 2.24) is 0 Å². The predicted octanol–water partition coefficient (Wildman–Crippen LogP) is 1.55. The first-order valence-corrected chi connectivity index (χ1v) is 5.16. The minimum absolute atomic E-state index is 0.174. The Morgan fingerprint density at radius 3 is 2.80 bits per heavy atom. The molecule has 1 atom stereocenters. The van der Waals surface area contributed by atoms with Crippen LogP contribution in [-0.2, 0) is 0 Å². The van der Waals surface area contributed by atoms with E-state index in [0.29, 0.717) is 0 Å². The number of rotatable bonds is 6. The van der Waals surface area contributed by atoms with E-state index in [9.17, 15) is 0 Å². The topological polar surface area (TPSA) is 26.0 Å². The average Bonchev–Trinajstić information content (AvgIpc) is 1.98. The van der Waals surface area contributed by atoms with Gasteiger partial charge >= 0.3 is 0 Å². The van der Waals surface area contributed by atoms with Crippen LogP contribution in [0.5, 0.6) is 0 Å². The quantitative estimate of drug-likeness (QED) is 0.366. The third-order valence-electron chi connectivity index (χ3n) is 1.13. The third kappa shape index (κ3) is 6.52. The largest absolute Gasteiger partial charge is 0.324 e. The van der Waals surface area contributed by atoms with Gasteiger partial charge < -0.3 is 5.73 Å². The van der Waals surface area contributed by atoms with Crippen molar-refractivity contribution < 1.29 is 0 Å². The van der Waals surface area contributed by atoms with Crippen LogP contribution in [0.25, 0.3) is 0 Å². The van der Waals surface area contributed by atoms with Crippen LogP contribution >= 0.6 is 24.4 Å². The number of thioether (sulfide) groups is 1. The van der Waals surface area contributed by atoms with Crippen LogP contribution in [0.15, 0.2) is 12.7 Å². The smallest absolute Gasteiger partial charge is 0.0228 e. The summed E-state index contributed by atoms with van der Waals surface area (Å²) >= 11 is 5.99.